The predicted octanol–water partition coefficient (Wildman–Crippen LogP) is 0.670. The molecule has 1 rings (SSSR count). The summed E-state index contributed by atoms with van der Waals surface area (Å²) in [6.07, 6.45) is -0.660. The van der Waals surface area contributed by atoms with E-state index < -0.39 is 6.10 Å². The minimum atomic E-state index is -0.660. The number of rotatable bonds is 3. The summed E-state index contributed by atoms with van der Waals surface area (Å²) in [5.41, 5.74) is 0.788. The quantitative estimate of drug-likeness (QED) is 0.714. The lowest BCUT2D eigenvalue weighted by Crippen LogP contribution is -2.25. The lowest BCUT2D eigenvalue weighted by molar-refractivity contribution is -0.117. The van der Waals surface area contributed by atoms with Gasteiger partial charge in [-0.1, -0.05) is 30.3 Å². The molecule has 0 aliphatic rings. The standard InChI is InChI=1S/C10H12NO2/c1-8(12)11-7-10(13)9-5-3-2-4-6-9/h2-6,10,13H,1,7H2,(H,11,12). The number of benzene rings is 1. The molecule has 3 nitrogen and oxygen atoms in total. The number of nitrogens with one attached hydrogen (secondary N) is 1. The van der Waals surface area contributed by atoms with Crippen LogP contribution in [0.4, 0.5) is 0 Å². The average Bonchev–Trinajstić information content (AvgIpc) is 2.15. The number of carbonyl (C=O) groups is 1. The molecule has 0 saturated heterocycles. The number of carbonyl (C=O) groups excluding carboxylic acids is 1. The monoisotopic (exact) mass is 178 g/mol. The lowest BCUT2D eigenvalue weighted by atomic mass is 10.1. The van der Waals surface area contributed by atoms with Gasteiger partial charge in [-0.05, 0) is 5.56 Å². The van der Waals surface area contributed by atoms with Crippen LogP contribution in [0.1, 0.15) is 11.7 Å². The first-order valence-electron chi connectivity index (χ1n) is 4.03. The zero-order valence-electron chi connectivity index (χ0n) is 7.23. The molecular weight excluding hydrogens is 166 g/mol. The van der Waals surface area contributed by atoms with Crippen molar-refractivity contribution >= 4 is 5.91 Å². The largest absolute Gasteiger partial charge is 0.387 e. The van der Waals surface area contributed by atoms with Gasteiger partial charge in [-0.25, -0.2) is 0 Å². The van der Waals surface area contributed by atoms with Crippen LogP contribution < -0.4 is 5.32 Å². The summed E-state index contributed by atoms with van der Waals surface area (Å²) in [6.45, 7) is 3.34. The molecule has 13 heavy (non-hydrogen) atoms. The highest BCUT2D eigenvalue weighted by Gasteiger charge is 2.05. The Balaban J connectivity index is 2.49. The highest BCUT2D eigenvalue weighted by atomic mass is 16.3. The van der Waals surface area contributed by atoms with Crippen molar-refractivity contribution in [2.24, 2.45) is 0 Å². The summed E-state index contributed by atoms with van der Waals surface area (Å²) in [6, 6.07) is 9.16. The molecule has 2 N–H and O–H groups in total. The Kier molecular flexibility index (Phi) is 3.46. The molecule has 0 aromatic heterocycles. The molecule has 0 fully saturated rings. The van der Waals surface area contributed by atoms with Crippen LogP contribution >= 0.6 is 0 Å². The molecule has 0 aliphatic carbocycles. The third-order valence-electron chi connectivity index (χ3n) is 1.68. The van der Waals surface area contributed by atoms with Gasteiger partial charge in [0.25, 0.3) is 0 Å². The first-order valence-corrected chi connectivity index (χ1v) is 4.03. The number of aliphatic hydroxyl groups is 1. The lowest BCUT2D eigenvalue weighted by Gasteiger charge is -2.10. The van der Waals surface area contributed by atoms with E-state index >= 15 is 0 Å². The second kappa shape index (κ2) is 4.62. The maximum absolute atomic E-state index is 10.4. The molecule has 0 saturated carbocycles. The summed E-state index contributed by atoms with van der Waals surface area (Å²) in [5.74, 6) is -0.380. The molecule has 1 aromatic carbocycles. The minimum absolute atomic E-state index is 0.201. The van der Waals surface area contributed by atoms with Crippen molar-refractivity contribution in [2.75, 3.05) is 6.54 Å². The van der Waals surface area contributed by atoms with Crippen molar-refractivity contribution in [3.8, 4) is 0 Å². The zero-order valence-corrected chi connectivity index (χ0v) is 7.23. The van der Waals surface area contributed by atoms with E-state index in [-0.39, 0.29) is 12.5 Å². The Labute approximate surface area is 77.4 Å². The van der Waals surface area contributed by atoms with Crippen molar-refractivity contribution < 1.29 is 9.90 Å². The minimum Gasteiger partial charge on any atom is -0.387 e. The molecule has 1 amide bonds. The van der Waals surface area contributed by atoms with Gasteiger partial charge in [0, 0.05) is 13.5 Å². The van der Waals surface area contributed by atoms with Gasteiger partial charge in [-0.15, -0.1) is 0 Å². The SMILES string of the molecule is [CH2]C(=O)NCC(O)c1ccccc1. The van der Waals surface area contributed by atoms with E-state index in [1.807, 2.05) is 18.2 Å². The van der Waals surface area contributed by atoms with E-state index in [0.717, 1.165) is 5.56 Å². The average molecular weight is 178 g/mol. The van der Waals surface area contributed by atoms with Gasteiger partial charge in [0.05, 0.1) is 6.10 Å². The Hall–Kier alpha value is -1.35. The van der Waals surface area contributed by atoms with Crippen molar-refractivity contribution in [3.63, 3.8) is 0 Å². The van der Waals surface area contributed by atoms with Gasteiger partial charge in [-0.3, -0.25) is 4.79 Å². The molecule has 0 heterocycles. The van der Waals surface area contributed by atoms with E-state index in [1.54, 1.807) is 12.1 Å². The van der Waals surface area contributed by atoms with E-state index in [1.165, 1.54) is 0 Å². The molecule has 0 bridgehead atoms. The molecule has 1 radical (unpaired) electrons. The van der Waals surface area contributed by atoms with Gasteiger partial charge >= 0.3 is 0 Å². The van der Waals surface area contributed by atoms with E-state index in [2.05, 4.69) is 12.2 Å². The number of aliphatic hydroxyl groups excluding tert-OH is 1. The second-order valence-electron chi connectivity index (χ2n) is 2.73. The Bertz CT molecular complexity index is 272. The van der Waals surface area contributed by atoms with E-state index in [0.29, 0.717) is 0 Å². The maximum atomic E-state index is 10.4. The summed E-state index contributed by atoms with van der Waals surface area (Å²) >= 11 is 0. The van der Waals surface area contributed by atoms with Crippen LogP contribution in [0.3, 0.4) is 0 Å². The molecule has 0 spiro atoms. The smallest absolute Gasteiger partial charge is 0.220 e. The van der Waals surface area contributed by atoms with Crippen molar-refractivity contribution in [1.82, 2.24) is 5.32 Å². The molecule has 3 heteroatoms. The molecule has 69 valence electrons. The molecule has 1 aromatic rings. The van der Waals surface area contributed by atoms with Crippen LogP contribution in [0.15, 0.2) is 30.3 Å². The number of amides is 1. The number of hydrogen-bond acceptors (Lipinski definition) is 2. The first kappa shape index (κ1) is 9.74. The fourth-order valence-electron chi connectivity index (χ4n) is 1.00. The summed E-state index contributed by atoms with van der Waals surface area (Å²) in [7, 11) is 0. The van der Waals surface area contributed by atoms with Crippen LogP contribution in [0.2, 0.25) is 0 Å². The summed E-state index contributed by atoms with van der Waals surface area (Å²) in [4.78, 5) is 10.4. The summed E-state index contributed by atoms with van der Waals surface area (Å²) < 4.78 is 0. The molecular formula is C10H12NO2. The fraction of sp³-hybridized carbons (Fsp3) is 0.200. The van der Waals surface area contributed by atoms with E-state index in [9.17, 15) is 9.90 Å². The fourth-order valence-corrected chi connectivity index (χ4v) is 1.00. The number of hydrogen-bond donors (Lipinski definition) is 2. The highest BCUT2D eigenvalue weighted by Crippen LogP contribution is 2.09. The second-order valence-corrected chi connectivity index (χ2v) is 2.73. The van der Waals surface area contributed by atoms with Crippen molar-refractivity contribution in [3.05, 3.63) is 42.8 Å². The van der Waals surface area contributed by atoms with Crippen LogP contribution in [-0.2, 0) is 4.79 Å². The van der Waals surface area contributed by atoms with Crippen LogP contribution in [0, 0.1) is 6.92 Å². The normalized spacial score (nSPS) is 12.2. The van der Waals surface area contributed by atoms with Crippen LogP contribution in [-0.4, -0.2) is 17.6 Å². The topological polar surface area (TPSA) is 49.3 Å². The van der Waals surface area contributed by atoms with Gasteiger partial charge in [0.15, 0.2) is 0 Å². The van der Waals surface area contributed by atoms with Crippen LogP contribution in [0.25, 0.3) is 0 Å². The predicted molar refractivity (Wildman–Crippen MR) is 49.8 cm³/mol. The molecule has 1 atom stereocenters. The maximum Gasteiger partial charge on any atom is 0.220 e. The van der Waals surface area contributed by atoms with Gasteiger partial charge in [0.1, 0.15) is 0 Å². The Morgan fingerprint density at radius 1 is 1.46 bits per heavy atom. The molecule has 1 unspecified atom stereocenters. The van der Waals surface area contributed by atoms with E-state index in [4.69, 9.17) is 0 Å². The van der Waals surface area contributed by atoms with Gasteiger partial charge in [0.2, 0.25) is 5.91 Å². The van der Waals surface area contributed by atoms with Gasteiger partial charge < -0.3 is 10.4 Å². The Morgan fingerprint density at radius 2 is 2.08 bits per heavy atom. The Morgan fingerprint density at radius 3 is 2.62 bits per heavy atom. The van der Waals surface area contributed by atoms with Crippen molar-refractivity contribution in [1.29, 1.82) is 0 Å². The summed E-state index contributed by atoms with van der Waals surface area (Å²) in [5, 5.41) is 12.0. The van der Waals surface area contributed by atoms with Crippen LogP contribution in [0.5, 0.6) is 0 Å². The molecule has 0 aliphatic heterocycles. The third kappa shape index (κ3) is 3.25. The zero-order chi connectivity index (χ0) is 9.68. The third-order valence-corrected chi connectivity index (χ3v) is 1.68. The van der Waals surface area contributed by atoms with Gasteiger partial charge in [-0.2, -0.15) is 0 Å². The van der Waals surface area contributed by atoms with Crippen molar-refractivity contribution in [2.45, 2.75) is 6.10 Å². The highest BCUT2D eigenvalue weighted by molar-refractivity contribution is 5.79. The first-order chi connectivity index (χ1) is 6.20.